The number of amides is 1. The van der Waals surface area contributed by atoms with Gasteiger partial charge in [-0.3, -0.25) is 4.79 Å². The van der Waals surface area contributed by atoms with Crippen LogP contribution in [0.2, 0.25) is 0 Å². The predicted octanol–water partition coefficient (Wildman–Crippen LogP) is 2.20. The van der Waals surface area contributed by atoms with Gasteiger partial charge in [0.1, 0.15) is 0 Å². The van der Waals surface area contributed by atoms with Crippen LogP contribution in [0.15, 0.2) is 24.3 Å². The van der Waals surface area contributed by atoms with Gasteiger partial charge in [0, 0.05) is 30.7 Å². The summed E-state index contributed by atoms with van der Waals surface area (Å²) in [6, 6.07) is 9.39. The quantitative estimate of drug-likeness (QED) is 0.842. The lowest BCUT2D eigenvalue weighted by Crippen LogP contribution is -2.37. The second kappa shape index (κ2) is 5.64. The molecule has 1 saturated carbocycles. The fourth-order valence-electron chi connectivity index (χ4n) is 2.64. The van der Waals surface area contributed by atoms with Gasteiger partial charge in [0.05, 0.1) is 18.2 Å². The van der Waals surface area contributed by atoms with E-state index in [1.165, 1.54) is 0 Å². The van der Waals surface area contributed by atoms with Crippen LogP contribution >= 0.6 is 0 Å². The van der Waals surface area contributed by atoms with Gasteiger partial charge in [-0.25, -0.2) is 0 Å². The van der Waals surface area contributed by atoms with Gasteiger partial charge < -0.3 is 9.64 Å². The molecule has 1 saturated heterocycles. The molecular weight excluding hydrogens is 252 g/mol. The average molecular weight is 270 g/mol. The Morgan fingerprint density at radius 3 is 2.60 bits per heavy atom. The van der Waals surface area contributed by atoms with Crippen molar-refractivity contribution in [3.05, 3.63) is 35.4 Å². The number of rotatable bonds is 4. The third kappa shape index (κ3) is 2.83. The summed E-state index contributed by atoms with van der Waals surface area (Å²) in [5, 5.41) is 8.80. The van der Waals surface area contributed by atoms with Crippen LogP contribution in [0.1, 0.15) is 35.2 Å². The maximum Gasteiger partial charge on any atom is 0.254 e. The van der Waals surface area contributed by atoms with Crippen molar-refractivity contribution in [2.45, 2.75) is 25.3 Å². The summed E-state index contributed by atoms with van der Waals surface area (Å²) in [7, 11) is 0. The fraction of sp³-hybridized carbons (Fsp3) is 0.500. The van der Waals surface area contributed by atoms with Crippen LogP contribution in [0.25, 0.3) is 0 Å². The first kappa shape index (κ1) is 13.1. The molecule has 1 unspecified atom stereocenters. The number of hydrogen-bond donors (Lipinski definition) is 0. The Morgan fingerprint density at radius 1 is 1.30 bits per heavy atom. The van der Waals surface area contributed by atoms with Crippen LogP contribution in [0.3, 0.4) is 0 Å². The van der Waals surface area contributed by atoms with E-state index in [-0.39, 0.29) is 5.91 Å². The molecule has 0 N–H and O–H groups in total. The molecule has 2 aliphatic rings. The Balaban J connectivity index is 1.72. The van der Waals surface area contributed by atoms with Crippen molar-refractivity contribution in [1.29, 1.82) is 5.26 Å². The SMILES string of the molecule is N#Cc1ccc(C(=O)N(CC2CCOC2)C2CC2)cc1. The van der Waals surface area contributed by atoms with Crippen LogP contribution in [-0.4, -0.2) is 36.6 Å². The summed E-state index contributed by atoms with van der Waals surface area (Å²) in [5.41, 5.74) is 1.26. The zero-order valence-corrected chi connectivity index (χ0v) is 11.4. The lowest BCUT2D eigenvalue weighted by Gasteiger charge is -2.25. The normalized spacial score (nSPS) is 21.4. The molecule has 20 heavy (non-hydrogen) atoms. The molecule has 4 heteroatoms. The van der Waals surface area contributed by atoms with E-state index in [9.17, 15) is 4.79 Å². The Hall–Kier alpha value is -1.86. The third-order valence-electron chi connectivity index (χ3n) is 3.99. The number of carbonyl (C=O) groups is 1. The van der Waals surface area contributed by atoms with Crippen molar-refractivity contribution in [3.8, 4) is 6.07 Å². The highest BCUT2D eigenvalue weighted by molar-refractivity contribution is 5.94. The van der Waals surface area contributed by atoms with Crippen LogP contribution in [-0.2, 0) is 4.74 Å². The molecule has 1 atom stereocenters. The maximum absolute atomic E-state index is 12.6. The number of hydrogen-bond acceptors (Lipinski definition) is 3. The Morgan fingerprint density at radius 2 is 2.05 bits per heavy atom. The second-order valence-electron chi connectivity index (χ2n) is 5.61. The molecule has 104 valence electrons. The summed E-state index contributed by atoms with van der Waals surface area (Å²) in [6.45, 7) is 2.38. The third-order valence-corrected chi connectivity index (χ3v) is 3.99. The first-order chi connectivity index (χ1) is 9.78. The first-order valence-electron chi connectivity index (χ1n) is 7.17. The monoisotopic (exact) mass is 270 g/mol. The van der Waals surface area contributed by atoms with E-state index in [1.807, 2.05) is 4.90 Å². The van der Waals surface area contributed by atoms with Gasteiger partial charge in [0.15, 0.2) is 0 Å². The molecule has 1 aromatic carbocycles. The van der Waals surface area contributed by atoms with Gasteiger partial charge in [-0.2, -0.15) is 5.26 Å². The van der Waals surface area contributed by atoms with E-state index in [4.69, 9.17) is 10.00 Å². The summed E-state index contributed by atoms with van der Waals surface area (Å²) < 4.78 is 5.40. The van der Waals surface area contributed by atoms with Gasteiger partial charge in [0.2, 0.25) is 0 Å². The molecule has 0 radical (unpaired) electrons. The number of benzene rings is 1. The Kier molecular flexibility index (Phi) is 3.70. The number of carbonyl (C=O) groups excluding carboxylic acids is 1. The number of nitriles is 1. The summed E-state index contributed by atoms with van der Waals surface area (Å²) in [6.07, 6.45) is 3.26. The van der Waals surface area contributed by atoms with Crippen LogP contribution in [0.5, 0.6) is 0 Å². The first-order valence-corrected chi connectivity index (χ1v) is 7.17. The topological polar surface area (TPSA) is 53.3 Å². The van der Waals surface area contributed by atoms with E-state index in [0.29, 0.717) is 23.1 Å². The molecule has 1 aliphatic carbocycles. The van der Waals surface area contributed by atoms with Gasteiger partial charge in [-0.05, 0) is 43.5 Å². The average Bonchev–Trinajstić information content (AvgIpc) is 3.21. The van der Waals surface area contributed by atoms with Crippen LogP contribution in [0.4, 0.5) is 0 Å². The highest BCUT2D eigenvalue weighted by atomic mass is 16.5. The van der Waals surface area contributed by atoms with Gasteiger partial charge in [-0.15, -0.1) is 0 Å². The molecular formula is C16H18N2O2. The summed E-state index contributed by atoms with van der Waals surface area (Å²) in [5.74, 6) is 0.557. The van der Waals surface area contributed by atoms with E-state index in [1.54, 1.807) is 24.3 Å². The van der Waals surface area contributed by atoms with Crippen LogP contribution in [0, 0.1) is 17.2 Å². The molecule has 1 heterocycles. The zero-order valence-electron chi connectivity index (χ0n) is 11.4. The highest BCUT2D eigenvalue weighted by Crippen LogP contribution is 2.30. The second-order valence-corrected chi connectivity index (χ2v) is 5.61. The minimum atomic E-state index is 0.0869. The molecule has 0 aromatic heterocycles. The fourth-order valence-corrected chi connectivity index (χ4v) is 2.64. The summed E-state index contributed by atoms with van der Waals surface area (Å²) in [4.78, 5) is 14.6. The Bertz CT molecular complexity index is 522. The number of ether oxygens (including phenoxy) is 1. The van der Waals surface area contributed by atoms with Crippen molar-refractivity contribution in [2.75, 3.05) is 19.8 Å². The molecule has 0 spiro atoms. The highest BCUT2D eigenvalue weighted by Gasteiger charge is 2.35. The molecule has 0 bridgehead atoms. The predicted molar refractivity (Wildman–Crippen MR) is 74.1 cm³/mol. The minimum Gasteiger partial charge on any atom is -0.381 e. The van der Waals surface area contributed by atoms with Gasteiger partial charge in [0.25, 0.3) is 5.91 Å². The Labute approximate surface area is 118 Å². The van der Waals surface area contributed by atoms with Crippen molar-refractivity contribution in [3.63, 3.8) is 0 Å². The minimum absolute atomic E-state index is 0.0869. The van der Waals surface area contributed by atoms with Crippen LogP contribution < -0.4 is 0 Å². The zero-order chi connectivity index (χ0) is 13.9. The lowest BCUT2D eigenvalue weighted by atomic mass is 10.1. The van der Waals surface area contributed by atoms with Gasteiger partial charge in [-0.1, -0.05) is 0 Å². The van der Waals surface area contributed by atoms with Crippen molar-refractivity contribution in [2.24, 2.45) is 5.92 Å². The van der Waals surface area contributed by atoms with E-state index < -0.39 is 0 Å². The van der Waals surface area contributed by atoms with Crippen molar-refractivity contribution in [1.82, 2.24) is 4.90 Å². The number of nitrogens with zero attached hydrogens (tertiary/aromatic N) is 2. The van der Waals surface area contributed by atoms with Gasteiger partial charge >= 0.3 is 0 Å². The van der Waals surface area contributed by atoms with Crippen molar-refractivity contribution >= 4 is 5.91 Å². The molecule has 4 nitrogen and oxygen atoms in total. The molecule has 1 amide bonds. The van der Waals surface area contributed by atoms with Crippen molar-refractivity contribution < 1.29 is 9.53 Å². The van der Waals surface area contributed by atoms with E-state index in [0.717, 1.165) is 39.0 Å². The van der Waals surface area contributed by atoms with E-state index >= 15 is 0 Å². The molecule has 3 rings (SSSR count). The smallest absolute Gasteiger partial charge is 0.254 e. The largest absolute Gasteiger partial charge is 0.381 e. The maximum atomic E-state index is 12.6. The standard InChI is InChI=1S/C16H18N2O2/c17-9-12-1-3-14(4-2-12)16(19)18(15-5-6-15)10-13-7-8-20-11-13/h1-4,13,15H,5-8,10-11H2. The molecule has 1 aromatic rings. The van der Waals surface area contributed by atoms with E-state index in [2.05, 4.69) is 6.07 Å². The summed E-state index contributed by atoms with van der Waals surface area (Å²) >= 11 is 0. The lowest BCUT2D eigenvalue weighted by molar-refractivity contribution is 0.0706. The molecule has 2 fully saturated rings. The molecule has 1 aliphatic heterocycles.